The number of carbonyl (C=O) groups excluding carboxylic acids is 2. The number of esters is 1. The number of ether oxygens (including phenoxy) is 1. The van der Waals surface area contributed by atoms with Gasteiger partial charge in [0.2, 0.25) is 0 Å². The zero-order valence-electron chi connectivity index (χ0n) is 24.1. The first-order valence-electron chi connectivity index (χ1n) is 14.1. The first-order valence-corrected chi connectivity index (χ1v) is 14.1. The van der Waals surface area contributed by atoms with Gasteiger partial charge in [-0.25, -0.2) is 4.79 Å². The minimum Gasteiger partial charge on any atom is -0.507 e. The second-order valence-electron chi connectivity index (χ2n) is 13.4. The van der Waals surface area contributed by atoms with Gasteiger partial charge in [-0.3, -0.25) is 4.79 Å². The number of hydrogen-bond acceptors (Lipinski definition) is 4. The number of fused-ring (bicyclic) bond motifs is 2. The number of hydrogen-bond donors (Lipinski definition) is 1. The van der Waals surface area contributed by atoms with Crippen LogP contribution in [0.1, 0.15) is 95.1 Å². The lowest BCUT2D eigenvalue weighted by Gasteiger charge is -2.38. The second kappa shape index (κ2) is 10.4. The van der Waals surface area contributed by atoms with Crippen LogP contribution in [-0.4, -0.2) is 23.0 Å². The lowest BCUT2D eigenvalue weighted by atomic mass is 9.70. The number of allylic oxidation sites excluding steroid dienone is 1. The molecule has 5 rings (SSSR count). The van der Waals surface area contributed by atoms with E-state index in [-0.39, 0.29) is 33.7 Å². The Hall–Kier alpha value is -2.88. The van der Waals surface area contributed by atoms with Gasteiger partial charge in [-0.2, -0.15) is 0 Å². The fourth-order valence-electron chi connectivity index (χ4n) is 7.15. The molecule has 1 N–H and O–H groups in total. The van der Waals surface area contributed by atoms with Gasteiger partial charge in [0.25, 0.3) is 0 Å². The van der Waals surface area contributed by atoms with Crippen molar-refractivity contribution < 1.29 is 19.4 Å². The summed E-state index contributed by atoms with van der Waals surface area (Å²) in [7, 11) is 0. The Balaban J connectivity index is 0.000000177. The van der Waals surface area contributed by atoms with Gasteiger partial charge >= 0.3 is 5.97 Å². The summed E-state index contributed by atoms with van der Waals surface area (Å²) in [5.74, 6) is 0.940. The van der Waals surface area contributed by atoms with E-state index in [0.717, 1.165) is 43.2 Å². The number of phenols is 1. The first kappa shape index (κ1) is 28.1. The SMILES string of the molecule is CC1CC(OC(=O)c2ccccc2O)CC(C)(C)C1.Cc1ccc(/C=C2\C(=O)C3(C)CCC2C3(C)C)cc1. The van der Waals surface area contributed by atoms with E-state index in [1.165, 1.54) is 11.6 Å². The monoisotopic (exact) mass is 516 g/mol. The number of para-hydroxylation sites is 1. The van der Waals surface area contributed by atoms with E-state index in [1.54, 1.807) is 18.2 Å². The molecule has 4 unspecified atom stereocenters. The molecule has 204 valence electrons. The molecule has 0 heterocycles. The third-order valence-corrected chi connectivity index (χ3v) is 9.51. The van der Waals surface area contributed by atoms with Gasteiger partial charge in [0.1, 0.15) is 17.4 Å². The highest BCUT2D eigenvalue weighted by Gasteiger charge is 2.63. The van der Waals surface area contributed by atoms with Crippen molar-refractivity contribution in [1.82, 2.24) is 0 Å². The van der Waals surface area contributed by atoms with Crippen LogP contribution >= 0.6 is 0 Å². The number of phenolic OH excluding ortho intramolecular Hbond substituents is 1. The van der Waals surface area contributed by atoms with E-state index in [9.17, 15) is 14.7 Å². The maximum absolute atomic E-state index is 12.7. The molecule has 0 aromatic heterocycles. The molecule has 4 nitrogen and oxygen atoms in total. The molecule has 0 saturated heterocycles. The van der Waals surface area contributed by atoms with Crippen molar-refractivity contribution in [3.8, 4) is 5.75 Å². The van der Waals surface area contributed by atoms with Crippen LogP contribution in [0.5, 0.6) is 5.75 Å². The summed E-state index contributed by atoms with van der Waals surface area (Å²) in [5, 5.41) is 9.66. The van der Waals surface area contributed by atoms with Crippen molar-refractivity contribution in [3.63, 3.8) is 0 Å². The van der Waals surface area contributed by atoms with E-state index in [4.69, 9.17) is 4.74 Å². The lowest BCUT2D eigenvalue weighted by Crippen LogP contribution is -2.34. The molecular weight excluding hydrogens is 472 g/mol. The van der Waals surface area contributed by atoms with E-state index < -0.39 is 5.97 Å². The number of aryl methyl sites for hydroxylation is 1. The number of ketones is 1. The first-order chi connectivity index (χ1) is 17.7. The number of rotatable bonds is 3. The van der Waals surface area contributed by atoms with Crippen molar-refractivity contribution in [2.24, 2.45) is 28.1 Å². The van der Waals surface area contributed by atoms with Gasteiger partial charge < -0.3 is 9.84 Å². The maximum atomic E-state index is 12.7. The smallest absolute Gasteiger partial charge is 0.342 e. The van der Waals surface area contributed by atoms with Crippen molar-refractivity contribution in [3.05, 3.63) is 70.8 Å². The topological polar surface area (TPSA) is 63.6 Å². The minimum absolute atomic E-state index is 0.0179. The molecule has 3 aliphatic rings. The number of aromatic hydroxyl groups is 1. The van der Waals surface area contributed by atoms with Crippen molar-refractivity contribution >= 4 is 17.8 Å². The predicted molar refractivity (Wildman–Crippen MR) is 153 cm³/mol. The largest absolute Gasteiger partial charge is 0.507 e. The zero-order valence-corrected chi connectivity index (χ0v) is 24.1. The van der Waals surface area contributed by atoms with Crippen LogP contribution in [-0.2, 0) is 9.53 Å². The summed E-state index contributed by atoms with van der Waals surface area (Å²) >= 11 is 0. The molecule has 2 bridgehead atoms. The van der Waals surface area contributed by atoms with Crippen LogP contribution in [0.3, 0.4) is 0 Å². The molecule has 4 heteroatoms. The average molecular weight is 517 g/mol. The number of carbonyl (C=O) groups is 2. The highest BCUT2D eigenvalue weighted by molar-refractivity contribution is 6.07. The maximum Gasteiger partial charge on any atom is 0.342 e. The Bertz CT molecular complexity index is 1220. The standard InChI is InChI=1S/C18H22O.C16H22O3/c1-12-5-7-13(8-6-12)11-14-15-9-10-18(4,16(14)19)17(15,2)3;1-11-8-12(10-16(2,3)9-11)19-15(18)13-6-4-5-7-14(13)17/h5-8,11,15H,9-10H2,1-4H3;4-7,11-12,17H,8-10H2,1-3H3/b14-11-;. The molecule has 2 aromatic carbocycles. The Morgan fingerprint density at radius 3 is 2.24 bits per heavy atom. The van der Waals surface area contributed by atoms with Gasteiger partial charge in [-0.15, -0.1) is 0 Å². The molecule has 3 fully saturated rings. The summed E-state index contributed by atoms with van der Waals surface area (Å²) < 4.78 is 5.57. The van der Waals surface area contributed by atoms with Crippen molar-refractivity contribution in [2.45, 2.75) is 86.7 Å². The van der Waals surface area contributed by atoms with Gasteiger partial charge in [-0.05, 0) is 91.0 Å². The molecule has 0 aliphatic heterocycles. The molecule has 3 aliphatic carbocycles. The summed E-state index contributed by atoms with van der Waals surface area (Å²) in [4.78, 5) is 24.8. The molecule has 0 radical (unpaired) electrons. The summed E-state index contributed by atoms with van der Waals surface area (Å²) in [6, 6.07) is 14.9. The second-order valence-corrected chi connectivity index (χ2v) is 13.4. The molecular formula is C34H44O4. The van der Waals surface area contributed by atoms with Crippen LogP contribution in [0.15, 0.2) is 54.1 Å². The van der Waals surface area contributed by atoms with Crippen LogP contribution in [0.2, 0.25) is 0 Å². The molecule has 2 aromatic rings. The summed E-state index contributed by atoms with van der Waals surface area (Å²) in [6.07, 6.45) is 7.24. The summed E-state index contributed by atoms with van der Waals surface area (Å²) in [6.45, 7) is 15.4. The Morgan fingerprint density at radius 2 is 1.66 bits per heavy atom. The van der Waals surface area contributed by atoms with E-state index in [0.29, 0.717) is 17.6 Å². The summed E-state index contributed by atoms with van der Waals surface area (Å²) in [5.41, 5.74) is 3.90. The minimum atomic E-state index is -0.423. The average Bonchev–Trinajstić information content (AvgIpc) is 3.13. The van der Waals surface area contributed by atoms with E-state index in [2.05, 4.69) is 78.8 Å². The van der Waals surface area contributed by atoms with Gasteiger partial charge in [-0.1, -0.05) is 83.5 Å². The highest BCUT2D eigenvalue weighted by atomic mass is 16.5. The van der Waals surface area contributed by atoms with Crippen LogP contribution in [0, 0.1) is 35.0 Å². The Morgan fingerprint density at radius 1 is 1.00 bits per heavy atom. The molecule has 38 heavy (non-hydrogen) atoms. The van der Waals surface area contributed by atoms with Crippen LogP contribution < -0.4 is 0 Å². The van der Waals surface area contributed by atoms with E-state index in [1.807, 2.05) is 0 Å². The van der Waals surface area contributed by atoms with E-state index >= 15 is 0 Å². The van der Waals surface area contributed by atoms with Gasteiger partial charge in [0, 0.05) is 5.41 Å². The Kier molecular flexibility index (Phi) is 7.67. The van der Waals surface area contributed by atoms with Crippen molar-refractivity contribution in [2.75, 3.05) is 0 Å². The predicted octanol–water partition coefficient (Wildman–Crippen LogP) is 8.17. The van der Waals surface area contributed by atoms with Crippen LogP contribution in [0.4, 0.5) is 0 Å². The third kappa shape index (κ3) is 5.46. The lowest BCUT2D eigenvalue weighted by molar-refractivity contribution is -0.125. The fourth-order valence-corrected chi connectivity index (χ4v) is 7.15. The molecule has 0 spiro atoms. The fraction of sp³-hybridized carbons (Fsp3) is 0.529. The Labute approximate surface area is 228 Å². The molecule has 3 saturated carbocycles. The molecule has 4 atom stereocenters. The highest BCUT2D eigenvalue weighted by Crippen LogP contribution is 2.65. The third-order valence-electron chi connectivity index (χ3n) is 9.51. The zero-order chi connectivity index (χ0) is 27.9. The quantitative estimate of drug-likeness (QED) is 0.330. The van der Waals surface area contributed by atoms with Gasteiger partial charge in [0.15, 0.2) is 5.78 Å². The molecule has 0 amide bonds. The normalized spacial score (nSPS) is 30.0. The number of Topliss-reactive ketones (excluding diaryl/α,β-unsaturated/α-hetero) is 1. The van der Waals surface area contributed by atoms with Crippen molar-refractivity contribution in [1.29, 1.82) is 0 Å². The van der Waals surface area contributed by atoms with Gasteiger partial charge in [0.05, 0.1) is 0 Å². The van der Waals surface area contributed by atoms with Crippen LogP contribution in [0.25, 0.3) is 6.08 Å². The number of benzene rings is 2.